The lowest BCUT2D eigenvalue weighted by Gasteiger charge is -2.23. The Balaban J connectivity index is 1.75. The molecule has 33 heavy (non-hydrogen) atoms. The van der Waals surface area contributed by atoms with Crippen LogP contribution in [0.3, 0.4) is 0 Å². The number of aliphatic imine (C=N–C) groups is 1. The van der Waals surface area contributed by atoms with E-state index in [4.69, 9.17) is 5.73 Å². The van der Waals surface area contributed by atoms with Crippen LogP contribution in [0.4, 0.5) is 27.6 Å². The molecule has 0 bridgehead atoms. The number of aldehydes is 1. The zero-order chi connectivity index (χ0) is 24.1. The number of hydrogen-bond donors (Lipinski definition) is 1. The van der Waals surface area contributed by atoms with Gasteiger partial charge in [-0.25, -0.2) is 22.0 Å². The van der Waals surface area contributed by atoms with Gasteiger partial charge in [0.25, 0.3) is 0 Å². The summed E-state index contributed by atoms with van der Waals surface area (Å²) < 4.78 is 68.1. The fraction of sp³-hybridized carbons (Fsp3) is 0.318. The molecule has 0 aliphatic carbocycles. The van der Waals surface area contributed by atoms with Gasteiger partial charge in [-0.15, -0.1) is 0 Å². The largest absolute Gasteiger partial charge is 0.336 e. The van der Waals surface area contributed by atoms with Crippen LogP contribution in [0.25, 0.3) is 0 Å². The number of nitrogens with zero attached hydrogens (tertiary/aromatic N) is 3. The SMILES string of the molecule is NC(CC(=O)N1CCN(C=NCC=O)c2cc(F)c(F)cc2C1)Cc1cc(F)c(F)cc1F. The van der Waals surface area contributed by atoms with Crippen molar-refractivity contribution >= 4 is 24.2 Å². The summed E-state index contributed by atoms with van der Waals surface area (Å²) in [6.45, 7) is 0.165. The van der Waals surface area contributed by atoms with Crippen molar-refractivity contribution in [3.8, 4) is 0 Å². The molecule has 1 aliphatic heterocycles. The van der Waals surface area contributed by atoms with Crippen molar-refractivity contribution in [2.24, 2.45) is 10.7 Å². The lowest BCUT2D eigenvalue weighted by Crippen LogP contribution is -2.38. The minimum absolute atomic E-state index is 0.0460. The zero-order valence-electron chi connectivity index (χ0n) is 17.4. The van der Waals surface area contributed by atoms with Crippen LogP contribution < -0.4 is 10.6 Å². The highest BCUT2D eigenvalue weighted by Crippen LogP contribution is 2.27. The third kappa shape index (κ3) is 5.92. The normalized spacial score (nSPS) is 14.8. The minimum Gasteiger partial charge on any atom is -0.336 e. The monoisotopic (exact) mass is 468 g/mol. The van der Waals surface area contributed by atoms with E-state index in [0.717, 1.165) is 12.1 Å². The van der Waals surface area contributed by atoms with Crippen molar-refractivity contribution in [1.82, 2.24) is 4.90 Å². The lowest BCUT2D eigenvalue weighted by atomic mass is 10.0. The molecule has 0 saturated carbocycles. The van der Waals surface area contributed by atoms with E-state index < -0.39 is 41.0 Å². The number of nitrogens with two attached hydrogens (primary N) is 1. The molecule has 2 aromatic rings. The molecule has 0 aromatic heterocycles. The zero-order valence-corrected chi connectivity index (χ0v) is 17.4. The molecule has 1 amide bonds. The second kappa shape index (κ2) is 10.5. The summed E-state index contributed by atoms with van der Waals surface area (Å²) in [5, 5.41) is 0. The van der Waals surface area contributed by atoms with Crippen LogP contribution in [0.1, 0.15) is 17.5 Å². The molecule has 0 spiro atoms. The number of amides is 1. The molecule has 176 valence electrons. The van der Waals surface area contributed by atoms with E-state index in [0.29, 0.717) is 29.7 Å². The Labute approximate surface area is 186 Å². The Kier molecular flexibility index (Phi) is 7.75. The van der Waals surface area contributed by atoms with E-state index in [9.17, 15) is 31.5 Å². The molecule has 2 N–H and O–H groups in total. The highest BCUT2D eigenvalue weighted by molar-refractivity contribution is 5.83. The molecule has 0 fully saturated rings. The summed E-state index contributed by atoms with van der Waals surface area (Å²) in [5.41, 5.74) is 6.41. The third-order valence-electron chi connectivity index (χ3n) is 5.16. The first kappa shape index (κ1) is 24.3. The summed E-state index contributed by atoms with van der Waals surface area (Å²) in [7, 11) is 0. The van der Waals surface area contributed by atoms with Gasteiger partial charge in [0.15, 0.2) is 23.3 Å². The molecule has 6 nitrogen and oxygen atoms in total. The maximum absolute atomic E-state index is 13.9. The number of carbonyl (C=O) groups excluding carboxylic acids is 2. The maximum Gasteiger partial charge on any atom is 0.224 e. The van der Waals surface area contributed by atoms with Crippen LogP contribution in [0.2, 0.25) is 0 Å². The second-order valence-electron chi connectivity index (χ2n) is 7.58. The molecule has 1 heterocycles. The van der Waals surface area contributed by atoms with Crippen LogP contribution in [0, 0.1) is 29.1 Å². The number of anilines is 1. The fourth-order valence-electron chi connectivity index (χ4n) is 3.55. The highest BCUT2D eigenvalue weighted by Gasteiger charge is 2.26. The first-order valence-electron chi connectivity index (χ1n) is 10.0. The summed E-state index contributed by atoms with van der Waals surface area (Å²) >= 11 is 0. The van der Waals surface area contributed by atoms with Gasteiger partial charge in [0.05, 0.1) is 12.9 Å². The molecular formula is C22H21F5N4O2. The second-order valence-corrected chi connectivity index (χ2v) is 7.58. The first-order chi connectivity index (χ1) is 15.7. The smallest absolute Gasteiger partial charge is 0.224 e. The molecule has 11 heteroatoms. The summed E-state index contributed by atoms with van der Waals surface area (Å²) in [6.07, 6.45) is 1.45. The number of hydrogen-bond acceptors (Lipinski definition) is 4. The van der Waals surface area contributed by atoms with Crippen LogP contribution in [0.15, 0.2) is 29.3 Å². The van der Waals surface area contributed by atoms with Gasteiger partial charge in [0, 0.05) is 49.9 Å². The van der Waals surface area contributed by atoms with Crippen molar-refractivity contribution in [2.75, 3.05) is 24.5 Å². The van der Waals surface area contributed by atoms with Crippen molar-refractivity contribution < 1.29 is 31.5 Å². The summed E-state index contributed by atoms with van der Waals surface area (Å²) in [6, 6.07) is 2.19. The topological polar surface area (TPSA) is 79.0 Å². The van der Waals surface area contributed by atoms with Crippen molar-refractivity contribution in [1.29, 1.82) is 0 Å². The predicted octanol–water partition coefficient (Wildman–Crippen LogP) is 2.72. The van der Waals surface area contributed by atoms with Crippen molar-refractivity contribution in [3.05, 3.63) is 64.5 Å². The van der Waals surface area contributed by atoms with Crippen LogP contribution in [-0.2, 0) is 22.6 Å². The Bertz CT molecular complexity index is 1080. The van der Waals surface area contributed by atoms with E-state index in [-0.39, 0.29) is 44.6 Å². The number of carbonyl (C=O) groups is 2. The maximum atomic E-state index is 13.9. The van der Waals surface area contributed by atoms with E-state index in [1.54, 1.807) is 0 Å². The first-order valence-corrected chi connectivity index (χ1v) is 10.0. The van der Waals surface area contributed by atoms with Gasteiger partial charge in [-0.3, -0.25) is 9.79 Å². The average Bonchev–Trinajstić information content (AvgIpc) is 2.92. The van der Waals surface area contributed by atoms with Crippen LogP contribution in [-0.4, -0.2) is 49.1 Å². The molecular weight excluding hydrogens is 447 g/mol. The average molecular weight is 468 g/mol. The quantitative estimate of drug-likeness (QED) is 0.223. The Morgan fingerprint density at radius 1 is 1.00 bits per heavy atom. The van der Waals surface area contributed by atoms with Gasteiger partial charge in [0.1, 0.15) is 12.1 Å². The Hall–Kier alpha value is -3.34. The van der Waals surface area contributed by atoms with Gasteiger partial charge in [-0.1, -0.05) is 0 Å². The van der Waals surface area contributed by atoms with Crippen LogP contribution >= 0.6 is 0 Å². The lowest BCUT2D eigenvalue weighted by molar-refractivity contribution is -0.132. The third-order valence-corrected chi connectivity index (χ3v) is 5.16. The summed E-state index contributed by atoms with van der Waals surface area (Å²) in [4.78, 5) is 30.1. The Morgan fingerprint density at radius 3 is 2.39 bits per heavy atom. The molecule has 1 atom stereocenters. The molecule has 1 aliphatic rings. The number of rotatable bonds is 7. The molecule has 1 unspecified atom stereocenters. The van der Waals surface area contributed by atoms with Gasteiger partial charge in [-0.2, -0.15) is 0 Å². The Morgan fingerprint density at radius 2 is 1.67 bits per heavy atom. The van der Waals surface area contributed by atoms with Crippen molar-refractivity contribution in [3.63, 3.8) is 0 Å². The van der Waals surface area contributed by atoms with Gasteiger partial charge in [-0.05, 0) is 29.7 Å². The predicted molar refractivity (Wildman–Crippen MR) is 111 cm³/mol. The van der Waals surface area contributed by atoms with E-state index in [1.165, 1.54) is 16.1 Å². The number of benzene rings is 2. The van der Waals surface area contributed by atoms with E-state index >= 15 is 0 Å². The van der Waals surface area contributed by atoms with Crippen molar-refractivity contribution in [2.45, 2.75) is 25.4 Å². The van der Waals surface area contributed by atoms with Gasteiger partial charge < -0.3 is 20.3 Å². The van der Waals surface area contributed by atoms with Gasteiger partial charge >= 0.3 is 0 Å². The molecule has 2 aromatic carbocycles. The van der Waals surface area contributed by atoms with E-state index in [2.05, 4.69) is 4.99 Å². The minimum atomic E-state index is -1.32. The summed E-state index contributed by atoms with van der Waals surface area (Å²) in [5.74, 6) is -6.11. The van der Waals surface area contributed by atoms with Gasteiger partial charge in [0.2, 0.25) is 5.91 Å². The standard InChI is InChI=1S/C22H21F5N4O2/c23-16-9-19(26)17(24)6-13(16)5-15(28)8-22(33)30-2-3-31(12-29-1-4-32)21-10-20(27)18(25)7-14(21)11-30/h4,6-7,9-10,12,15H,1-3,5,8,11,28H2. The van der Waals surface area contributed by atoms with Crippen LogP contribution in [0.5, 0.6) is 0 Å². The molecule has 3 rings (SSSR count). The highest BCUT2D eigenvalue weighted by atomic mass is 19.2. The van der Waals surface area contributed by atoms with E-state index in [1.807, 2.05) is 0 Å². The number of halogens is 5. The fourth-order valence-corrected chi connectivity index (χ4v) is 3.55. The molecule has 0 saturated heterocycles. The number of fused-ring (bicyclic) bond motifs is 1. The molecule has 0 radical (unpaired) electrons.